The molecule has 168 valence electrons. The normalized spacial score (nSPS) is 11.6. The summed E-state index contributed by atoms with van der Waals surface area (Å²) in [6.45, 7) is 2.56. The number of sulfonamides is 1. The number of hydrogen-bond donors (Lipinski definition) is 2. The summed E-state index contributed by atoms with van der Waals surface area (Å²) in [7, 11) is -2.03. The van der Waals surface area contributed by atoms with Crippen LogP contribution >= 0.6 is 0 Å². The number of rotatable bonds is 10. The van der Waals surface area contributed by atoms with E-state index in [2.05, 4.69) is 10.0 Å². The van der Waals surface area contributed by atoms with Gasteiger partial charge in [-0.05, 0) is 60.9 Å². The van der Waals surface area contributed by atoms with E-state index < -0.39 is 10.0 Å². The topological polar surface area (TPSA) is 97.6 Å². The minimum atomic E-state index is -3.66. The van der Waals surface area contributed by atoms with E-state index in [1.54, 1.807) is 37.5 Å². The Bertz CT molecular complexity index is 1170. The molecule has 8 heteroatoms. The average Bonchev–Trinajstić information content (AvgIpc) is 3.31. The summed E-state index contributed by atoms with van der Waals surface area (Å²) in [6, 6.07) is 15.6. The zero-order chi connectivity index (χ0) is 23.0. The van der Waals surface area contributed by atoms with Gasteiger partial charge in [-0.25, -0.2) is 13.1 Å². The first-order valence-electron chi connectivity index (χ1n) is 10.1. The molecule has 3 rings (SSSR count). The predicted octanol–water partition coefficient (Wildman–Crippen LogP) is 3.45. The number of carbonyl (C=O) groups excluding carboxylic acids is 1. The van der Waals surface area contributed by atoms with Crippen LogP contribution in [0, 0.1) is 6.92 Å². The molecule has 1 aromatic heterocycles. The van der Waals surface area contributed by atoms with Crippen LogP contribution in [0.5, 0.6) is 5.75 Å². The Kier molecular flexibility index (Phi) is 7.86. The fourth-order valence-electron chi connectivity index (χ4n) is 3.07. The Morgan fingerprint density at radius 2 is 1.91 bits per heavy atom. The fourth-order valence-corrected chi connectivity index (χ4v) is 4.07. The molecule has 0 fully saturated rings. The van der Waals surface area contributed by atoms with Crippen molar-refractivity contribution < 1.29 is 22.4 Å². The van der Waals surface area contributed by atoms with Crippen LogP contribution in [-0.2, 0) is 27.8 Å². The smallest absolute Gasteiger partial charge is 0.244 e. The minimum absolute atomic E-state index is 0.0750. The molecule has 0 saturated heterocycles. The lowest BCUT2D eigenvalue weighted by Gasteiger charge is -2.09. The summed E-state index contributed by atoms with van der Waals surface area (Å²) in [5.74, 6) is 1.10. The average molecular weight is 455 g/mol. The maximum atomic E-state index is 12.4. The van der Waals surface area contributed by atoms with Gasteiger partial charge in [0, 0.05) is 12.6 Å². The van der Waals surface area contributed by atoms with Crippen LogP contribution in [0.15, 0.2) is 76.2 Å². The Balaban J connectivity index is 1.50. The van der Waals surface area contributed by atoms with Crippen LogP contribution in [-0.4, -0.2) is 28.0 Å². The van der Waals surface area contributed by atoms with Crippen molar-refractivity contribution in [1.29, 1.82) is 0 Å². The quantitative estimate of drug-likeness (QED) is 0.458. The SMILES string of the molecule is COc1ccc(C)cc1CCNC(=O)/C=C/c1ccc(S(=O)(=O)NCc2ccco2)cc1. The van der Waals surface area contributed by atoms with E-state index in [-0.39, 0.29) is 17.3 Å². The number of benzene rings is 2. The van der Waals surface area contributed by atoms with Gasteiger partial charge in [-0.1, -0.05) is 29.8 Å². The summed E-state index contributed by atoms with van der Waals surface area (Å²) in [6.07, 6.45) is 5.20. The Morgan fingerprint density at radius 1 is 1.12 bits per heavy atom. The second-order valence-corrected chi connectivity index (χ2v) is 8.93. The fraction of sp³-hybridized carbons (Fsp3) is 0.208. The van der Waals surface area contributed by atoms with Gasteiger partial charge in [0.05, 0.1) is 24.8 Å². The second kappa shape index (κ2) is 10.8. The van der Waals surface area contributed by atoms with Crippen LogP contribution in [0.25, 0.3) is 6.08 Å². The van der Waals surface area contributed by atoms with Gasteiger partial charge >= 0.3 is 0 Å². The van der Waals surface area contributed by atoms with Gasteiger partial charge in [0.15, 0.2) is 0 Å². The van der Waals surface area contributed by atoms with Crippen LogP contribution in [0.3, 0.4) is 0 Å². The Labute approximate surface area is 188 Å². The molecular weight excluding hydrogens is 428 g/mol. The van der Waals surface area contributed by atoms with Crippen LogP contribution < -0.4 is 14.8 Å². The molecule has 7 nitrogen and oxygen atoms in total. The van der Waals surface area contributed by atoms with E-state index >= 15 is 0 Å². The lowest BCUT2D eigenvalue weighted by molar-refractivity contribution is -0.116. The molecule has 3 aromatic rings. The molecule has 2 aromatic carbocycles. The summed E-state index contributed by atoms with van der Waals surface area (Å²) in [4.78, 5) is 12.2. The predicted molar refractivity (Wildman–Crippen MR) is 123 cm³/mol. The number of furan rings is 1. The maximum absolute atomic E-state index is 12.4. The van der Waals surface area contributed by atoms with Crippen molar-refractivity contribution in [3.05, 3.63) is 89.4 Å². The van der Waals surface area contributed by atoms with Crippen molar-refractivity contribution >= 4 is 22.0 Å². The Hall–Kier alpha value is -3.36. The molecule has 1 amide bonds. The highest BCUT2D eigenvalue weighted by atomic mass is 32.2. The first-order chi connectivity index (χ1) is 15.4. The molecule has 0 aliphatic heterocycles. The van der Waals surface area contributed by atoms with Crippen molar-refractivity contribution in [3.63, 3.8) is 0 Å². The highest BCUT2D eigenvalue weighted by Gasteiger charge is 2.14. The van der Waals surface area contributed by atoms with E-state index in [1.165, 1.54) is 24.5 Å². The van der Waals surface area contributed by atoms with Gasteiger partial charge in [-0.3, -0.25) is 4.79 Å². The van der Waals surface area contributed by atoms with Crippen molar-refractivity contribution in [1.82, 2.24) is 10.0 Å². The van der Waals surface area contributed by atoms with Crippen LogP contribution in [0.4, 0.5) is 0 Å². The number of ether oxygens (including phenoxy) is 1. The maximum Gasteiger partial charge on any atom is 0.244 e. The zero-order valence-corrected chi connectivity index (χ0v) is 18.8. The molecule has 0 saturated carbocycles. The third-order valence-electron chi connectivity index (χ3n) is 4.76. The summed E-state index contributed by atoms with van der Waals surface area (Å²) < 4.78 is 37.7. The van der Waals surface area contributed by atoms with Gasteiger partial charge in [0.2, 0.25) is 15.9 Å². The molecule has 0 radical (unpaired) electrons. The van der Waals surface area contributed by atoms with E-state index in [0.717, 1.165) is 16.9 Å². The molecule has 0 atom stereocenters. The number of aryl methyl sites for hydroxylation is 1. The van der Waals surface area contributed by atoms with Gasteiger partial charge in [-0.15, -0.1) is 0 Å². The monoisotopic (exact) mass is 454 g/mol. The largest absolute Gasteiger partial charge is 0.496 e. The molecule has 0 spiro atoms. The molecule has 0 bridgehead atoms. The lowest BCUT2D eigenvalue weighted by Crippen LogP contribution is -2.23. The van der Waals surface area contributed by atoms with Gasteiger partial charge in [0.25, 0.3) is 0 Å². The Morgan fingerprint density at radius 3 is 2.59 bits per heavy atom. The summed E-state index contributed by atoms with van der Waals surface area (Å²) in [5.41, 5.74) is 2.88. The molecule has 0 aliphatic rings. The van der Waals surface area contributed by atoms with Crippen LogP contribution in [0.2, 0.25) is 0 Å². The van der Waals surface area contributed by atoms with Gasteiger partial charge in [-0.2, -0.15) is 0 Å². The summed E-state index contributed by atoms with van der Waals surface area (Å²) >= 11 is 0. The van der Waals surface area contributed by atoms with E-state index in [1.807, 2.05) is 25.1 Å². The van der Waals surface area contributed by atoms with Crippen molar-refractivity contribution in [2.24, 2.45) is 0 Å². The van der Waals surface area contributed by atoms with Gasteiger partial charge < -0.3 is 14.5 Å². The lowest BCUT2D eigenvalue weighted by atomic mass is 10.1. The van der Waals surface area contributed by atoms with Crippen molar-refractivity contribution in [3.8, 4) is 5.75 Å². The third-order valence-corrected chi connectivity index (χ3v) is 6.18. The molecule has 0 aliphatic carbocycles. The molecule has 1 heterocycles. The number of methoxy groups -OCH3 is 1. The number of amides is 1. The zero-order valence-electron chi connectivity index (χ0n) is 18.0. The van der Waals surface area contributed by atoms with Gasteiger partial charge in [0.1, 0.15) is 11.5 Å². The van der Waals surface area contributed by atoms with Crippen LogP contribution in [0.1, 0.15) is 22.5 Å². The number of hydrogen-bond acceptors (Lipinski definition) is 5. The first-order valence-corrected chi connectivity index (χ1v) is 11.6. The van der Waals surface area contributed by atoms with E-state index in [9.17, 15) is 13.2 Å². The van der Waals surface area contributed by atoms with Crippen molar-refractivity contribution in [2.75, 3.05) is 13.7 Å². The molecule has 32 heavy (non-hydrogen) atoms. The molecule has 0 unspecified atom stereocenters. The molecular formula is C24H26N2O5S. The number of nitrogens with one attached hydrogen (secondary N) is 2. The van der Waals surface area contributed by atoms with E-state index in [0.29, 0.717) is 24.3 Å². The summed E-state index contributed by atoms with van der Waals surface area (Å²) in [5, 5.41) is 2.84. The van der Waals surface area contributed by atoms with Crippen molar-refractivity contribution in [2.45, 2.75) is 24.8 Å². The highest BCUT2D eigenvalue weighted by Crippen LogP contribution is 2.19. The third kappa shape index (κ3) is 6.57. The standard InChI is InChI=1S/C24H26N2O5S/c1-18-5-11-23(30-2)20(16-18)13-14-25-24(27)12-8-19-6-9-22(10-7-19)32(28,29)26-17-21-4-3-15-31-21/h3-12,15-16,26H,13-14,17H2,1-2H3,(H,25,27)/b12-8+. The van der Waals surface area contributed by atoms with E-state index in [4.69, 9.17) is 9.15 Å². The molecule has 2 N–H and O–H groups in total. The second-order valence-electron chi connectivity index (χ2n) is 7.16. The highest BCUT2D eigenvalue weighted by molar-refractivity contribution is 7.89. The number of carbonyl (C=O) groups is 1. The minimum Gasteiger partial charge on any atom is -0.496 e. The first kappa shape index (κ1) is 23.3.